The maximum absolute atomic E-state index is 9.95. The van der Waals surface area contributed by atoms with Gasteiger partial charge in [-0.15, -0.1) is 11.3 Å². The van der Waals surface area contributed by atoms with Crippen molar-refractivity contribution in [1.29, 1.82) is 5.26 Å². The molecule has 1 aliphatic heterocycles. The first kappa shape index (κ1) is 12.0. The highest BCUT2D eigenvalue weighted by Crippen LogP contribution is 2.46. The lowest BCUT2D eigenvalue weighted by molar-refractivity contribution is 0.0839. The molecule has 0 saturated carbocycles. The van der Waals surface area contributed by atoms with Crippen molar-refractivity contribution in [3.63, 3.8) is 0 Å². The third-order valence-electron chi connectivity index (χ3n) is 2.93. The summed E-state index contributed by atoms with van der Waals surface area (Å²) in [6.07, 6.45) is 0.704. The Morgan fingerprint density at radius 1 is 1.65 bits per heavy atom. The zero-order valence-corrected chi connectivity index (χ0v) is 10.7. The number of nitrogen functional groups attached to an aromatic ring is 1. The van der Waals surface area contributed by atoms with E-state index in [0.717, 1.165) is 11.5 Å². The molecule has 0 bridgehead atoms. The molecule has 1 saturated heterocycles. The van der Waals surface area contributed by atoms with E-state index in [0.29, 0.717) is 29.3 Å². The van der Waals surface area contributed by atoms with Crippen molar-refractivity contribution in [3.8, 4) is 11.8 Å². The van der Waals surface area contributed by atoms with Gasteiger partial charge >= 0.3 is 0 Å². The van der Waals surface area contributed by atoms with Gasteiger partial charge in [-0.25, -0.2) is 0 Å². The van der Waals surface area contributed by atoms with Gasteiger partial charge in [0.1, 0.15) is 21.6 Å². The number of rotatable bonds is 2. The van der Waals surface area contributed by atoms with Crippen LogP contribution in [0.4, 0.5) is 10.7 Å². The number of hydrogen-bond acceptors (Lipinski definition) is 6. The number of ether oxygens (including phenoxy) is 1. The summed E-state index contributed by atoms with van der Waals surface area (Å²) >= 11 is 1.31. The van der Waals surface area contributed by atoms with E-state index in [1.165, 1.54) is 18.4 Å². The molecular weight excluding hydrogens is 238 g/mol. The topological polar surface area (TPSA) is 82.5 Å². The first-order valence-electron chi connectivity index (χ1n) is 5.32. The fraction of sp³-hybridized carbons (Fsp3) is 0.545. The SMILES string of the molecule is COc1c(N2CCC(C)(O)C2)sc(C#N)c1N. The van der Waals surface area contributed by atoms with Crippen LogP contribution in [0.15, 0.2) is 0 Å². The Hall–Kier alpha value is -1.45. The largest absolute Gasteiger partial charge is 0.492 e. The second-order valence-corrected chi connectivity index (χ2v) is 5.46. The molecule has 2 rings (SSSR count). The highest BCUT2D eigenvalue weighted by Gasteiger charge is 2.34. The Morgan fingerprint density at radius 3 is 2.82 bits per heavy atom. The van der Waals surface area contributed by atoms with Crippen molar-refractivity contribution < 1.29 is 9.84 Å². The van der Waals surface area contributed by atoms with Crippen LogP contribution in [0, 0.1) is 11.3 Å². The van der Waals surface area contributed by atoms with Gasteiger partial charge < -0.3 is 20.5 Å². The number of β-amino-alcohol motifs (C(OH)–C–C–N with tert-alkyl or cyclic N) is 1. The number of methoxy groups -OCH3 is 1. The molecule has 1 unspecified atom stereocenters. The predicted molar refractivity (Wildman–Crippen MR) is 67.5 cm³/mol. The van der Waals surface area contributed by atoms with Crippen molar-refractivity contribution in [2.45, 2.75) is 18.9 Å². The minimum Gasteiger partial charge on any atom is -0.492 e. The first-order valence-corrected chi connectivity index (χ1v) is 6.14. The van der Waals surface area contributed by atoms with Crippen LogP contribution in [-0.4, -0.2) is 30.9 Å². The Kier molecular flexibility index (Phi) is 2.89. The van der Waals surface area contributed by atoms with E-state index in [1.807, 2.05) is 11.8 Å². The number of nitrogens with zero attached hydrogens (tertiary/aromatic N) is 2. The van der Waals surface area contributed by atoms with Crippen LogP contribution in [0.5, 0.6) is 5.75 Å². The maximum atomic E-state index is 9.95. The maximum Gasteiger partial charge on any atom is 0.177 e. The quantitative estimate of drug-likeness (QED) is 0.826. The van der Waals surface area contributed by atoms with Gasteiger partial charge in [-0.2, -0.15) is 5.26 Å². The van der Waals surface area contributed by atoms with Gasteiger partial charge in [0.25, 0.3) is 0 Å². The highest BCUT2D eigenvalue weighted by molar-refractivity contribution is 7.17. The zero-order chi connectivity index (χ0) is 12.6. The van der Waals surface area contributed by atoms with Crippen LogP contribution in [0.3, 0.4) is 0 Å². The molecule has 6 heteroatoms. The number of nitrogens with two attached hydrogens (primary N) is 1. The number of anilines is 2. The van der Waals surface area contributed by atoms with Gasteiger partial charge in [0.05, 0.1) is 12.7 Å². The van der Waals surface area contributed by atoms with Crippen LogP contribution < -0.4 is 15.4 Å². The van der Waals surface area contributed by atoms with Crippen LogP contribution >= 0.6 is 11.3 Å². The van der Waals surface area contributed by atoms with Gasteiger partial charge in [0.15, 0.2) is 5.75 Å². The van der Waals surface area contributed by atoms with Crippen molar-refractivity contribution in [3.05, 3.63) is 4.88 Å². The Labute approximate surface area is 104 Å². The van der Waals surface area contributed by atoms with E-state index in [9.17, 15) is 5.11 Å². The second-order valence-electron chi connectivity index (χ2n) is 4.46. The van der Waals surface area contributed by atoms with E-state index >= 15 is 0 Å². The lowest BCUT2D eigenvalue weighted by Gasteiger charge is -2.20. The number of aliphatic hydroxyl groups is 1. The molecule has 92 valence electrons. The molecule has 0 radical (unpaired) electrons. The summed E-state index contributed by atoms with van der Waals surface area (Å²) in [6.45, 7) is 3.09. The number of thiophene rings is 1. The molecule has 17 heavy (non-hydrogen) atoms. The van der Waals surface area contributed by atoms with Gasteiger partial charge in [-0.05, 0) is 13.3 Å². The smallest absolute Gasteiger partial charge is 0.177 e. The molecule has 3 N–H and O–H groups in total. The summed E-state index contributed by atoms with van der Waals surface area (Å²) in [5, 5.41) is 19.7. The fourth-order valence-corrected chi connectivity index (χ4v) is 3.04. The van der Waals surface area contributed by atoms with Gasteiger partial charge in [-0.1, -0.05) is 0 Å². The van der Waals surface area contributed by atoms with Gasteiger partial charge in [0, 0.05) is 13.1 Å². The monoisotopic (exact) mass is 253 g/mol. The Balaban J connectivity index is 2.37. The molecule has 1 atom stereocenters. The number of hydrogen-bond donors (Lipinski definition) is 2. The van der Waals surface area contributed by atoms with Crippen molar-refractivity contribution in [2.75, 3.05) is 30.8 Å². The molecule has 1 aliphatic rings. The molecule has 0 aliphatic carbocycles. The first-order chi connectivity index (χ1) is 7.98. The summed E-state index contributed by atoms with van der Waals surface area (Å²) in [6, 6.07) is 2.06. The van der Waals surface area contributed by atoms with Crippen LogP contribution in [-0.2, 0) is 0 Å². The van der Waals surface area contributed by atoms with E-state index in [1.54, 1.807) is 0 Å². The number of nitriles is 1. The third-order valence-corrected chi connectivity index (χ3v) is 4.08. The van der Waals surface area contributed by atoms with Crippen molar-refractivity contribution in [2.24, 2.45) is 0 Å². The summed E-state index contributed by atoms with van der Waals surface area (Å²) in [5.74, 6) is 0.546. The van der Waals surface area contributed by atoms with Crippen LogP contribution in [0.25, 0.3) is 0 Å². The van der Waals surface area contributed by atoms with E-state index in [-0.39, 0.29) is 0 Å². The summed E-state index contributed by atoms with van der Waals surface area (Å²) < 4.78 is 5.25. The van der Waals surface area contributed by atoms with Gasteiger partial charge in [0.2, 0.25) is 0 Å². The standard InChI is InChI=1S/C11H15N3O2S/c1-11(15)3-4-14(6-11)10-9(16-2)8(13)7(5-12)17-10/h15H,3-4,6,13H2,1-2H3. The Morgan fingerprint density at radius 2 is 2.35 bits per heavy atom. The molecule has 0 amide bonds. The average molecular weight is 253 g/mol. The van der Waals surface area contributed by atoms with Crippen molar-refractivity contribution >= 4 is 22.0 Å². The Bertz CT molecular complexity index is 476. The van der Waals surface area contributed by atoms with Gasteiger partial charge in [-0.3, -0.25) is 0 Å². The van der Waals surface area contributed by atoms with E-state index in [4.69, 9.17) is 15.7 Å². The minimum atomic E-state index is -0.684. The normalized spacial score (nSPS) is 23.8. The van der Waals surface area contributed by atoms with E-state index in [2.05, 4.69) is 6.07 Å². The fourth-order valence-electron chi connectivity index (χ4n) is 2.02. The predicted octanol–water partition coefficient (Wildman–Crippen LogP) is 1.17. The molecule has 0 aromatic carbocycles. The summed E-state index contributed by atoms with van der Waals surface area (Å²) in [5.41, 5.74) is 5.54. The molecule has 1 aromatic rings. The molecule has 2 heterocycles. The van der Waals surface area contributed by atoms with Crippen LogP contribution in [0.2, 0.25) is 0 Å². The average Bonchev–Trinajstić information content (AvgIpc) is 2.78. The summed E-state index contributed by atoms with van der Waals surface area (Å²) in [7, 11) is 1.54. The third kappa shape index (κ3) is 2.04. The lowest BCUT2D eigenvalue weighted by Crippen LogP contribution is -2.29. The van der Waals surface area contributed by atoms with Crippen molar-refractivity contribution in [1.82, 2.24) is 0 Å². The lowest BCUT2D eigenvalue weighted by atomic mass is 10.1. The summed E-state index contributed by atoms with van der Waals surface area (Å²) in [4.78, 5) is 2.48. The van der Waals surface area contributed by atoms with E-state index < -0.39 is 5.60 Å². The molecular formula is C11H15N3O2S. The molecule has 1 fully saturated rings. The minimum absolute atomic E-state index is 0.390. The molecule has 0 spiro atoms. The molecule has 1 aromatic heterocycles. The highest BCUT2D eigenvalue weighted by atomic mass is 32.1. The van der Waals surface area contributed by atoms with Crippen LogP contribution in [0.1, 0.15) is 18.2 Å². The second kappa shape index (κ2) is 4.09. The molecule has 5 nitrogen and oxygen atoms in total. The zero-order valence-electron chi connectivity index (χ0n) is 9.86.